The maximum absolute atomic E-state index is 7.88. The van der Waals surface area contributed by atoms with Gasteiger partial charge in [-0.2, -0.15) is 0 Å². The lowest BCUT2D eigenvalue weighted by Gasteiger charge is -2.01. The number of benzene rings is 1. The zero-order valence-corrected chi connectivity index (χ0v) is 7.16. The van der Waals surface area contributed by atoms with Crippen LogP contribution in [0.25, 0.3) is 0 Å². The van der Waals surface area contributed by atoms with Crippen molar-refractivity contribution in [3.05, 3.63) is 60.7 Å². The molecule has 1 aromatic rings. The predicted octanol–water partition coefficient (Wildman–Crippen LogP) is 3.36. The van der Waals surface area contributed by atoms with Gasteiger partial charge in [0.15, 0.2) is 0 Å². The van der Waals surface area contributed by atoms with Crippen LogP contribution in [0.3, 0.4) is 0 Å². The molecule has 0 aromatic heterocycles. The largest absolute Gasteiger partial charge is 0.103 e. The van der Waals surface area contributed by atoms with E-state index in [2.05, 4.69) is 13.2 Å². The highest BCUT2D eigenvalue weighted by molar-refractivity contribution is 5.21. The molecule has 1 atom stereocenters. The second-order valence-corrected chi connectivity index (χ2v) is 2.71. The Morgan fingerprint density at radius 2 is 2.08 bits per heavy atom. The molecule has 0 aliphatic heterocycles. The van der Waals surface area contributed by atoms with Crippen LogP contribution in [0.4, 0.5) is 0 Å². The second-order valence-electron chi connectivity index (χ2n) is 2.71. The summed E-state index contributed by atoms with van der Waals surface area (Å²) in [6.45, 7) is 7.49. The van der Waals surface area contributed by atoms with E-state index in [1.807, 2.05) is 30.3 Å². The van der Waals surface area contributed by atoms with Crippen molar-refractivity contribution in [2.24, 2.45) is 0 Å². The second kappa shape index (κ2) is 4.55. The highest BCUT2D eigenvalue weighted by Gasteiger charge is 1.93. The van der Waals surface area contributed by atoms with Crippen LogP contribution in [0.1, 0.15) is 13.4 Å². The van der Waals surface area contributed by atoms with Crippen molar-refractivity contribution in [1.82, 2.24) is 0 Å². The summed E-state index contributed by atoms with van der Waals surface area (Å²) in [4.78, 5) is 0. The van der Waals surface area contributed by atoms with Crippen LogP contribution in [0.5, 0.6) is 0 Å². The first-order valence-electron chi connectivity index (χ1n) is 4.59. The van der Waals surface area contributed by atoms with Gasteiger partial charge in [0.2, 0.25) is 0 Å². The Morgan fingerprint density at radius 3 is 2.67 bits per heavy atom. The van der Waals surface area contributed by atoms with Crippen LogP contribution >= 0.6 is 0 Å². The molecule has 0 bridgehead atoms. The molecule has 0 aliphatic carbocycles. The molecule has 0 saturated carbocycles. The maximum atomic E-state index is 7.88. The Bertz CT molecular complexity index is 287. The average Bonchev–Trinajstić information content (AvgIpc) is 2.18. The summed E-state index contributed by atoms with van der Waals surface area (Å²) in [5.41, 5.74) is 1.88. The SMILES string of the molecule is [2H]C(C(=C)CC=C)c1ccccc1. The Balaban J connectivity index is 2.73. The number of hydrogen-bond acceptors (Lipinski definition) is 0. The highest BCUT2D eigenvalue weighted by Crippen LogP contribution is 2.08. The van der Waals surface area contributed by atoms with E-state index in [-0.39, 0.29) is 6.40 Å². The van der Waals surface area contributed by atoms with Crippen molar-refractivity contribution < 1.29 is 1.37 Å². The third-order valence-corrected chi connectivity index (χ3v) is 1.58. The Labute approximate surface area is 75.6 Å². The van der Waals surface area contributed by atoms with E-state index in [0.29, 0.717) is 6.42 Å². The van der Waals surface area contributed by atoms with Crippen molar-refractivity contribution in [2.75, 3.05) is 0 Å². The lowest BCUT2D eigenvalue weighted by atomic mass is 10.0. The molecule has 0 nitrogen and oxygen atoms in total. The van der Waals surface area contributed by atoms with Crippen LogP contribution in [-0.4, -0.2) is 0 Å². The fourth-order valence-electron chi connectivity index (χ4n) is 1.03. The fourth-order valence-corrected chi connectivity index (χ4v) is 1.03. The van der Waals surface area contributed by atoms with E-state index in [1.165, 1.54) is 0 Å². The van der Waals surface area contributed by atoms with Gasteiger partial charge < -0.3 is 0 Å². The van der Waals surface area contributed by atoms with E-state index >= 15 is 0 Å². The number of rotatable bonds is 4. The first kappa shape index (κ1) is 7.35. The summed E-state index contributed by atoms with van der Waals surface area (Å²) < 4.78 is 7.88. The van der Waals surface area contributed by atoms with Crippen LogP contribution in [0.15, 0.2) is 55.1 Å². The van der Waals surface area contributed by atoms with Gasteiger partial charge in [0.05, 0.1) is 0 Å². The van der Waals surface area contributed by atoms with E-state index in [0.717, 1.165) is 11.1 Å². The fraction of sp³-hybridized carbons (Fsp3) is 0.167. The van der Waals surface area contributed by atoms with Crippen LogP contribution < -0.4 is 0 Å². The van der Waals surface area contributed by atoms with Crippen LogP contribution in [0.2, 0.25) is 0 Å². The molecule has 1 rings (SSSR count). The minimum absolute atomic E-state index is 0.320. The Morgan fingerprint density at radius 1 is 1.42 bits per heavy atom. The van der Waals surface area contributed by atoms with Gasteiger partial charge in [-0.3, -0.25) is 0 Å². The van der Waals surface area contributed by atoms with Gasteiger partial charge in [0.25, 0.3) is 0 Å². The Kier molecular flexibility index (Phi) is 2.79. The van der Waals surface area contributed by atoms with Crippen LogP contribution in [0, 0.1) is 0 Å². The summed E-state index contributed by atoms with van der Waals surface area (Å²) in [5, 5.41) is 0. The number of allylic oxidation sites excluding steroid dienone is 2. The molecule has 0 radical (unpaired) electrons. The van der Waals surface area contributed by atoms with Gasteiger partial charge in [0.1, 0.15) is 0 Å². The molecule has 0 aliphatic rings. The molecular weight excluding hydrogens is 144 g/mol. The van der Waals surface area contributed by atoms with Gasteiger partial charge in [0, 0.05) is 1.37 Å². The van der Waals surface area contributed by atoms with Crippen molar-refractivity contribution >= 4 is 0 Å². The van der Waals surface area contributed by atoms with Gasteiger partial charge in [-0.15, -0.1) is 6.58 Å². The lowest BCUT2D eigenvalue weighted by Crippen LogP contribution is -1.86. The molecule has 1 unspecified atom stereocenters. The summed E-state index contributed by atoms with van der Waals surface area (Å²) in [6.07, 6.45) is 2.18. The van der Waals surface area contributed by atoms with E-state index < -0.39 is 0 Å². The van der Waals surface area contributed by atoms with E-state index in [1.54, 1.807) is 6.08 Å². The number of hydrogen-bond donors (Lipinski definition) is 0. The molecule has 0 amide bonds. The quantitative estimate of drug-likeness (QED) is 0.591. The molecule has 0 spiro atoms. The molecule has 1 aromatic carbocycles. The monoisotopic (exact) mass is 159 g/mol. The first-order chi connectivity index (χ1) is 6.25. The van der Waals surface area contributed by atoms with Crippen molar-refractivity contribution in [2.45, 2.75) is 12.8 Å². The molecule has 12 heavy (non-hydrogen) atoms. The zero-order valence-electron chi connectivity index (χ0n) is 8.16. The molecule has 0 heterocycles. The molecule has 62 valence electrons. The lowest BCUT2D eigenvalue weighted by molar-refractivity contribution is 1.08. The normalized spacial score (nSPS) is 13.2. The van der Waals surface area contributed by atoms with Gasteiger partial charge >= 0.3 is 0 Å². The summed E-state index contributed by atoms with van der Waals surface area (Å²) >= 11 is 0. The van der Waals surface area contributed by atoms with E-state index in [4.69, 9.17) is 1.37 Å². The third-order valence-electron chi connectivity index (χ3n) is 1.58. The summed E-state index contributed by atoms with van der Waals surface area (Å²) in [6, 6.07) is 9.74. The van der Waals surface area contributed by atoms with Crippen molar-refractivity contribution in [3.8, 4) is 0 Å². The smallest absolute Gasteiger partial charge is 0.0362 e. The third kappa shape index (κ3) is 2.75. The molecular formula is C12H14. The first-order valence-corrected chi connectivity index (χ1v) is 4.01. The van der Waals surface area contributed by atoms with Crippen molar-refractivity contribution in [3.63, 3.8) is 0 Å². The van der Waals surface area contributed by atoms with Crippen molar-refractivity contribution in [1.29, 1.82) is 0 Å². The zero-order chi connectivity index (χ0) is 9.68. The van der Waals surface area contributed by atoms with E-state index in [9.17, 15) is 0 Å². The van der Waals surface area contributed by atoms with Gasteiger partial charge in [-0.1, -0.05) is 48.6 Å². The summed E-state index contributed by atoms with van der Waals surface area (Å²) in [5.74, 6) is 0. The molecule has 0 fully saturated rings. The summed E-state index contributed by atoms with van der Waals surface area (Å²) in [7, 11) is 0. The minimum atomic E-state index is -0.320. The standard InChI is InChI=1S/C12H14/c1-3-7-11(2)10-12-8-5-4-6-9-12/h3-6,8-9H,1-2,7,10H2/i10D. The topological polar surface area (TPSA) is 0 Å². The van der Waals surface area contributed by atoms with Gasteiger partial charge in [-0.05, 0) is 18.4 Å². The predicted molar refractivity (Wildman–Crippen MR) is 54.1 cm³/mol. The molecule has 0 saturated heterocycles. The minimum Gasteiger partial charge on any atom is -0.103 e. The van der Waals surface area contributed by atoms with Crippen LogP contribution in [-0.2, 0) is 6.40 Å². The van der Waals surface area contributed by atoms with Gasteiger partial charge in [-0.25, -0.2) is 0 Å². The Hall–Kier alpha value is -1.30. The molecule has 0 heteroatoms. The maximum Gasteiger partial charge on any atom is 0.0362 e. The molecule has 0 N–H and O–H groups in total. The highest BCUT2D eigenvalue weighted by atomic mass is 14.0. The average molecular weight is 159 g/mol.